The number of hydrogen-bond acceptors (Lipinski definition) is 3. The van der Waals surface area contributed by atoms with Gasteiger partial charge in [-0.3, -0.25) is 0 Å². The first-order valence-electron chi connectivity index (χ1n) is 5.11. The normalized spacial score (nSPS) is 27.5. The van der Waals surface area contributed by atoms with Gasteiger partial charge in [0.15, 0.2) is 11.5 Å². The zero-order valence-corrected chi connectivity index (χ0v) is 9.32. The van der Waals surface area contributed by atoms with E-state index in [1.165, 1.54) is 0 Å². The van der Waals surface area contributed by atoms with Crippen LogP contribution in [0.3, 0.4) is 0 Å². The SMILES string of the molecule is COc1cccc([C@@H]2[C@@H](N)C2(C)C)c1O. The van der Waals surface area contributed by atoms with Crippen LogP contribution in [0.4, 0.5) is 0 Å². The molecule has 1 aromatic rings. The lowest BCUT2D eigenvalue weighted by Crippen LogP contribution is -2.06. The Morgan fingerprint density at radius 2 is 2.00 bits per heavy atom. The molecule has 0 aromatic heterocycles. The van der Waals surface area contributed by atoms with E-state index in [2.05, 4.69) is 13.8 Å². The van der Waals surface area contributed by atoms with Crippen LogP contribution in [-0.2, 0) is 0 Å². The van der Waals surface area contributed by atoms with Crippen LogP contribution in [0.2, 0.25) is 0 Å². The zero-order valence-electron chi connectivity index (χ0n) is 9.32. The molecule has 1 aromatic carbocycles. The largest absolute Gasteiger partial charge is 0.504 e. The average Bonchev–Trinajstić information content (AvgIpc) is 2.68. The molecule has 1 fully saturated rings. The second-order valence-electron chi connectivity index (χ2n) is 4.72. The summed E-state index contributed by atoms with van der Waals surface area (Å²) < 4.78 is 5.08. The van der Waals surface area contributed by atoms with Gasteiger partial charge in [-0.25, -0.2) is 0 Å². The van der Waals surface area contributed by atoms with Crippen LogP contribution in [0.5, 0.6) is 11.5 Å². The molecule has 1 saturated carbocycles. The van der Waals surface area contributed by atoms with Crippen molar-refractivity contribution < 1.29 is 9.84 Å². The molecular weight excluding hydrogens is 190 g/mol. The van der Waals surface area contributed by atoms with Crippen molar-refractivity contribution in [3.63, 3.8) is 0 Å². The van der Waals surface area contributed by atoms with Gasteiger partial charge in [0.05, 0.1) is 7.11 Å². The standard InChI is InChI=1S/C12H17NO2/c1-12(2)9(11(12)13)7-5-4-6-8(15-3)10(7)14/h4-6,9,11,14H,13H2,1-3H3/t9-,11-/m1/s1. The number of para-hydroxylation sites is 1. The first-order valence-corrected chi connectivity index (χ1v) is 5.11. The van der Waals surface area contributed by atoms with Crippen molar-refractivity contribution in [2.45, 2.75) is 25.8 Å². The summed E-state index contributed by atoms with van der Waals surface area (Å²) in [6.45, 7) is 4.22. The average molecular weight is 207 g/mol. The van der Waals surface area contributed by atoms with Gasteiger partial charge >= 0.3 is 0 Å². The van der Waals surface area contributed by atoms with Gasteiger partial charge in [0, 0.05) is 17.5 Å². The van der Waals surface area contributed by atoms with E-state index in [0.29, 0.717) is 5.75 Å². The number of benzene rings is 1. The minimum atomic E-state index is 0.0733. The van der Waals surface area contributed by atoms with Crippen molar-refractivity contribution in [3.05, 3.63) is 23.8 Å². The summed E-state index contributed by atoms with van der Waals surface area (Å²) in [5.41, 5.74) is 6.95. The molecule has 0 aliphatic heterocycles. The lowest BCUT2D eigenvalue weighted by atomic mass is 10.0. The Morgan fingerprint density at radius 3 is 2.47 bits per heavy atom. The molecule has 0 heterocycles. The molecule has 1 aliphatic rings. The molecule has 0 bridgehead atoms. The minimum Gasteiger partial charge on any atom is -0.504 e. The third kappa shape index (κ3) is 1.38. The summed E-state index contributed by atoms with van der Waals surface area (Å²) >= 11 is 0. The molecule has 1 aliphatic carbocycles. The monoisotopic (exact) mass is 207 g/mol. The summed E-state index contributed by atoms with van der Waals surface area (Å²) in [7, 11) is 1.55. The number of phenols is 1. The predicted octanol–water partition coefficient (Wildman–Crippen LogP) is 1.85. The van der Waals surface area contributed by atoms with E-state index in [1.54, 1.807) is 13.2 Å². The van der Waals surface area contributed by atoms with Crippen molar-refractivity contribution in [2.75, 3.05) is 7.11 Å². The molecule has 3 nitrogen and oxygen atoms in total. The van der Waals surface area contributed by atoms with Gasteiger partial charge in [0.2, 0.25) is 0 Å². The minimum absolute atomic E-state index is 0.0733. The Morgan fingerprint density at radius 1 is 1.40 bits per heavy atom. The number of aromatic hydroxyl groups is 1. The van der Waals surface area contributed by atoms with E-state index in [0.717, 1.165) is 5.56 Å². The molecule has 3 heteroatoms. The molecule has 0 spiro atoms. The van der Waals surface area contributed by atoms with E-state index in [4.69, 9.17) is 10.5 Å². The van der Waals surface area contributed by atoms with Gasteiger partial charge in [-0.15, -0.1) is 0 Å². The Hall–Kier alpha value is -1.22. The van der Waals surface area contributed by atoms with E-state index in [9.17, 15) is 5.11 Å². The fraction of sp³-hybridized carbons (Fsp3) is 0.500. The van der Waals surface area contributed by atoms with Crippen molar-refractivity contribution in [3.8, 4) is 11.5 Å². The van der Waals surface area contributed by atoms with Crippen LogP contribution in [0.25, 0.3) is 0 Å². The first kappa shape index (κ1) is 10.3. The van der Waals surface area contributed by atoms with Gasteiger partial charge in [0.1, 0.15) is 0 Å². The van der Waals surface area contributed by atoms with Crippen LogP contribution in [0, 0.1) is 5.41 Å². The second-order valence-corrected chi connectivity index (χ2v) is 4.72. The zero-order chi connectivity index (χ0) is 11.2. The lowest BCUT2D eigenvalue weighted by Gasteiger charge is -2.09. The molecule has 0 radical (unpaired) electrons. The number of ether oxygens (including phenoxy) is 1. The number of phenolic OH excluding ortho intramolecular Hbond substituents is 1. The molecular formula is C12H17NO2. The van der Waals surface area contributed by atoms with Gasteiger partial charge in [0.25, 0.3) is 0 Å². The highest BCUT2D eigenvalue weighted by Crippen LogP contribution is 2.59. The van der Waals surface area contributed by atoms with Gasteiger partial charge < -0.3 is 15.6 Å². The van der Waals surface area contributed by atoms with Crippen LogP contribution in [0.15, 0.2) is 18.2 Å². The predicted molar refractivity (Wildman–Crippen MR) is 59.2 cm³/mol. The number of hydrogen-bond donors (Lipinski definition) is 2. The summed E-state index contributed by atoms with van der Waals surface area (Å²) in [5, 5.41) is 9.97. The Bertz CT molecular complexity index is 387. The van der Waals surface area contributed by atoms with Crippen LogP contribution < -0.4 is 10.5 Å². The van der Waals surface area contributed by atoms with Gasteiger partial charge in [-0.2, -0.15) is 0 Å². The van der Waals surface area contributed by atoms with Crippen molar-refractivity contribution in [1.29, 1.82) is 0 Å². The van der Waals surface area contributed by atoms with Crippen LogP contribution in [-0.4, -0.2) is 18.3 Å². The summed E-state index contributed by atoms with van der Waals surface area (Å²) in [6.07, 6.45) is 0. The maximum atomic E-state index is 9.97. The Balaban J connectivity index is 2.39. The van der Waals surface area contributed by atoms with Crippen LogP contribution >= 0.6 is 0 Å². The highest BCUT2D eigenvalue weighted by molar-refractivity contribution is 5.51. The van der Waals surface area contributed by atoms with E-state index >= 15 is 0 Å². The third-order valence-corrected chi connectivity index (χ3v) is 3.50. The quantitative estimate of drug-likeness (QED) is 0.778. The molecule has 0 saturated heterocycles. The second kappa shape index (κ2) is 3.14. The Kier molecular flexibility index (Phi) is 2.15. The first-order chi connectivity index (χ1) is 7.00. The number of methoxy groups -OCH3 is 1. The molecule has 0 amide bonds. The van der Waals surface area contributed by atoms with Crippen molar-refractivity contribution in [2.24, 2.45) is 11.1 Å². The molecule has 15 heavy (non-hydrogen) atoms. The smallest absolute Gasteiger partial charge is 0.161 e. The van der Waals surface area contributed by atoms with Gasteiger partial charge in [-0.05, 0) is 11.5 Å². The fourth-order valence-corrected chi connectivity index (χ4v) is 2.23. The molecule has 82 valence electrons. The number of rotatable bonds is 2. The maximum Gasteiger partial charge on any atom is 0.161 e. The summed E-state index contributed by atoms with van der Waals surface area (Å²) in [4.78, 5) is 0. The molecule has 2 atom stereocenters. The molecule has 2 rings (SSSR count). The Labute approximate surface area is 89.9 Å². The summed E-state index contributed by atoms with van der Waals surface area (Å²) in [5.74, 6) is 0.973. The number of nitrogens with two attached hydrogens (primary N) is 1. The van der Waals surface area contributed by atoms with E-state index < -0.39 is 0 Å². The maximum absolute atomic E-state index is 9.97. The topological polar surface area (TPSA) is 55.5 Å². The highest BCUT2D eigenvalue weighted by atomic mass is 16.5. The van der Waals surface area contributed by atoms with Crippen molar-refractivity contribution in [1.82, 2.24) is 0 Å². The highest BCUT2D eigenvalue weighted by Gasteiger charge is 2.57. The summed E-state index contributed by atoms with van der Waals surface area (Å²) in [6, 6.07) is 5.67. The third-order valence-electron chi connectivity index (χ3n) is 3.50. The van der Waals surface area contributed by atoms with Gasteiger partial charge in [-0.1, -0.05) is 26.0 Å². The molecule has 0 unspecified atom stereocenters. The lowest BCUT2D eigenvalue weighted by molar-refractivity contribution is 0.369. The molecule has 3 N–H and O–H groups in total. The van der Waals surface area contributed by atoms with Crippen molar-refractivity contribution >= 4 is 0 Å². The van der Waals surface area contributed by atoms with Crippen LogP contribution in [0.1, 0.15) is 25.3 Å². The van der Waals surface area contributed by atoms with E-state index in [1.807, 2.05) is 12.1 Å². The fourth-order valence-electron chi connectivity index (χ4n) is 2.23. The van der Waals surface area contributed by atoms with E-state index in [-0.39, 0.29) is 23.1 Å².